The van der Waals surface area contributed by atoms with E-state index in [-0.39, 0.29) is 0 Å². The number of rotatable bonds is 5. The summed E-state index contributed by atoms with van der Waals surface area (Å²) >= 11 is 0. The highest BCUT2D eigenvalue weighted by atomic mass is 16.3. The van der Waals surface area contributed by atoms with E-state index >= 15 is 0 Å². The summed E-state index contributed by atoms with van der Waals surface area (Å²) in [6, 6.07) is 62.8. The van der Waals surface area contributed by atoms with Crippen LogP contribution in [0, 0.1) is 0 Å². The van der Waals surface area contributed by atoms with Gasteiger partial charge in [0.1, 0.15) is 22.3 Å². The summed E-state index contributed by atoms with van der Waals surface area (Å²) in [5, 5.41) is 6.54. The second-order valence-corrected chi connectivity index (χ2v) is 14.4. The number of benzene rings is 8. The van der Waals surface area contributed by atoms with Gasteiger partial charge in [0, 0.05) is 60.3 Å². The van der Waals surface area contributed by atoms with E-state index in [1.807, 2.05) is 72.8 Å². The van der Waals surface area contributed by atoms with Crippen LogP contribution in [0.3, 0.4) is 0 Å². The van der Waals surface area contributed by atoms with Crippen LogP contribution < -0.4 is 0 Å². The first kappa shape index (κ1) is 31.5. The molecule has 57 heavy (non-hydrogen) atoms. The van der Waals surface area contributed by atoms with Gasteiger partial charge in [0.2, 0.25) is 0 Å². The van der Waals surface area contributed by atoms with Gasteiger partial charge < -0.3 is 13.4 Å². The average molecular weight is 731 g/mol. The van der Waals surface area contributed by atoms with Crippen LogP contribution in [0.15, 0.2) is 191 Å². The van der Waals surface area contributed by atoms with Gasteiger partial charge in [0.15, 0.2) is 17.5 Å². The van der Waals surface area contributed by atoms with Crippen molar-refractivity contribution < 1.29 is 8.83 Å². The first-order valence-electron chi connectivity index (χ1n) is 19.0. The predicted molar refractivity (Wildman–Crippen MR) is 230 cm³/mol. The van der Waals surface area contributed by atoms with Crippen molar-refractivity contribution in [2.75, 3.05) is 0 Å². The Morgan fingerprint density at radius 2 is 0.825 bits per heavy atom. The predicted octanol–water partition coefficient (Wildman–Crippen LogP) is 13.4. The Balaban J connectivity index is 1.04. The van der Waals surface area contributed by atoms with Gasteiger partial charge in [-0.2, -0.15) is 0 Å². The van der Waals surface area contributed by atoms with E-state index in [9.17, 15) is 0 Å². The van der Waals surface area contributed by atoms with Gasteiger partial charge in [-0.25, -0.2) is 15.0 Å². The maximum atomic E-state index is 6.45. The lowest BCUT2D eigenvalue weighted by molar-refractivity contribution is 0.668. The SMILES string of the molecule is c1ccc(-c2nc(-c3ccc4oc5ccccc5c4c3)nc(-c3ccc4oc5ccc(-c6cccc7c8ccccc8n(-c8ccccc8)c67)cc5c4c3)n2)cc1. The van der Waals surface area contributed by atoms with Gasteiger partial charge in [0.25, 0.3) is 0 Å². The number of hydrogen-bond donors (Lipinski definition) is 0. The van der Waals surface area contributed by atoms with E-state index in [1.165, 1.54) is 21.8 Å². The fourth-order valence-corrected chi connectivity index (χ4v) is 8.40. The molecule has 12 aromatic rings. The minimum Gasteiger partial charge on any atom is -0.456 e. The van der Waals surface area contributed by atoms with Gasteiger partial charge in [-0.05, 0) is 78.4 Å². The molecule has 0 fully saturated rings. The summed E-state index contributed by atoms with van der Waals surface area (Å²) in [5.74, 6) is 1.78. The third kappa shape index (κ3) is 5.01. The lowest BCUT2D eigenvalue weighted by Crippen LogP contribution is -2.00. The van der Waals surface area contributed by atoms with Gasteiger partial charge in [-0.15, -0.1) is 0 Å². The smallest absolute Gasteiger partial charge is 0.164 e. The highest BCUT2D eigenvalue weighted by Crippen LogP contribution is 2.41. The first-order chi connectivity index (χ1) is 28.2. The highest BCUT2D eigenvalue weighted by Gasteiger charge is 2.19. The Bertz CT molecular complexity index is 3530. The fraction of sp³-hybridized carbons (Fsp3) is 0. The summed E-state index contributed by atoms with van der Waals surface area (Å²) in [7, 11) is 0. The van der Waals surface area contributed by atoms with Crippen molar-refractivity contribution in [2.24, 2.45) is 0 Å². The zero-order chi connectivity index (χ0) is 37.5. The number of hydrogen-bond acceptors (Lipinski definition) is 5. The molecule has 4 heterocycles. The van der Waals surface area contributed by atoms with Gasteiger partial charge >= 0.3 is 0 Å². The van der Waals surface area contributed by atoms with Crippen LogP contribution in [0.1, 0.15) is 0 Å². The molecule has 6 nitrogen and oxygen atoms in total. The minimum absolute atomic E-state index is 0.584. The number of furan rings is 2. The Kier molecular flexibility index (Phi) is 6.83. The third-order valence-electron chi connectivity index (χ3n) is 11.0. The van der Waals surface area contributed by atoms with E-state index in [2.05, 4.69) is 114 Å². The van der Waals surface area contributed by atoms with Crippen LogP contribution in [0.2, 0.25) is 0 Å². The highest BCUT2D eigenvalue weighted by molar-refractivity contribution is 6.15. The molecule has 0 saturated heterocycles. The van der Waals surface area contributed by atoms with Gasteiger partial charge in [-0.3, -0.25) is 0 Å². The molecule has 0 bridgehead atoms. The molecule has 6 heteroatoms. The Hall–Kier alpha value is -7.83. The van der Waals surface area contributed by atoms with Crippen molar-refractivity contribution in [3.05, 3.63) is 182 Å². The average Bonchev–Trinajstić information content (AvgIpc) is 3.95. The Morgan fingerprint density at radius 1 is 0.333 bits per heavy atom. The van der Waals surface area contributed by atoms with Crippen LogP contribution in [-0.4, -0.2) is 19.5 Å². The van der Waals surface area contributed by atoms with E-state index in [0.717, 1.165) is 77.4 Å². The monoisotopic (exact) mass is 730 g/mol. The summed E-state index contributed by atoms with van der Waals surface area (Å²) in [6.45, 7) is 0. The molecule has 0 spiro atoms. The standard InChI is InChI=1S/C51H30N4O2/c1-3-12-31(13-4-1)49-52-50(33-23-26-45-40(29-33)38-17-8-10-21-44(38)56-45)54-51(53-49)34-24-27-47-42(30-34)41-28-32(22-25-46(41)57-47)36-18-11-19-39-37-16-7-9-20-43(37)55(48(36)39)35-14-5-2-6-15-35/h1-30H. The minimum atomic E-state index is 0.584. The van der Waals surface area contributed by atoms with Gasteiger partial charge in [0.05, 0.1) is 11.0 Å². The Morgan fingerprint density at radius 3 is 1.51 bits per heavy atom. The molecule has 4 aromatic heterocycles. The second kappa shape index (κ2) is 12.3. The number of nitrogens with zero attached hydrogens (tertiary/aromatic N) is 4. The lowest BCUT2D eigenvalue weighted by Gasteiger charge is -2.12. The lowest BCUT2D eigenvalue weighted by atomic mass is 9.99. The van der Waals surface area contributed by atoms with Crippen LogP contribution in [0.4, 0.5) is 0 Å². The summed E-state index contributed by atoms with van der Waals surface area (Å²) in [4.78, 5) is 15.2. The van der Waals surface area contributed by atoms with E-state index in [1.54, 1.807) is 0 Å². The van der Waals surface area contributed by atoms with Crippen molar-refractivity contribution in [3.8, 4) is 51.0 Å². The largest absolute Gasteiger partial charge is 0.456 e. The summed E-state index contributed by atoms with van der Waals surface area (Å²) in [5.41, 5.74) is 11.7. The Labute approximate surface area is 325 Å². The second-order valence-electron chi connectivity index (χ2n) is 14.4. The first-order valence-corrected chi connectivity index (χ1v) is 19.0. The molecule has 12 rings (SSSR count). The van der Waals surface area contributed by atoms with Crippen molar-refractivity contribution in [3.63, 3.8) is 0 Å². The molecular formula is C51H30N4O2. The fourth-order valence-electron chi connectivity index (χ4n) is 8.40. The quantitative estimate of drug-likeness (QED) is 0.176. The van der Waals surface area contributed by atoms with Crippen molar-refractivity contribution in [1.29, 1.82) is 0 Å². The maximum Gasteiger partial charge on any atom is 0.164 e. The maximum absolute atomic E-state index is 6.45. The number of fused-ring (bicyclic) bond motifs is 9. The zero-order valence-electron chi connectivity index (χ0n) is 30.4. The molecule has 0 radical (unpaired) electrons. The molecule has 0 amide bonds. The number of para-hydroxylation sites is 4. The van der Waals surface area contributed by atoms with E-state index in [4.69, 9.17) is 23.8 Å². The molecule has 0 atom stereocenters. The van der Waals surface area contributed by atoms with Crippen LogP contribution >= 0.6 is 0 Å². The molecule has 0 N–H and O–H groups in total. The van der Waals surface area contributed by atoms with Gasteiger partial charge in [-0.1, -0.05) is 109 Å². The molecule has 0 saturated carbocycles. The number of aromatic nitrogens is 4. The van der Waals surface area contributed by atoms with Crippen molar-refractivity contribution in [1.82, 2.24) is 19.5 Å². The van der Waals surface area contributed by atoms with Crippen molar-refractivity contribution in [2.45, 2.75) is 0 Å². The molecule has 0 aliphatic carbocycles. The van der Waals surface area contributed by atoms with E-state index < -0.39 is 0 Å². The molecular weight excluding hydrogens is 701 g/mol. The molecule has 266 valence electrons. The van der Waals surface area contributed by atoms with Crippen LogP contribution in [-0.2, 0) is 0 Å². The van der Waals surface area contributed by atoms with Crippen LogP contribution in [0.25, 0.3) is 117 Å². The summed E-state index contributed by atoms with van der Waals surface area (Å²) < 4.78 is 15.0. The molecule has 0 aliphatic rings. The third-order valence-corrected chi connectivity index (χ3v) is 11.0. The molecule has 0 unspecified atom stereocenters. The molecule has 0 aliphatic heterocycles. The summed E-state index contributed by atoms with van der Waals surface area (Å²) in [6.07, 6.45) is 0. The zero-order valence-corrected chi connectivity index (χ0v) is 30.4. The topological polar surface area (TPSA) is 69.9 Å². The molecule has 8 aromatic carbocycles. The van der Waals surface area contributed by atoms with Crippen molar-refractivity contribution >= 4 is 65.7 Å². The normalized spacial score (nSPS) is 11.9. The van der Waals surface area contributed by atoms with Crippen LogP contribution in [0.5, 0.6) is 0 Å². The van der Waals surface area contributed by atoms with E-state index in [0.29, 0.717) is 17.5 Å².